The highest BCUT2D eigenvalue weighted by atomic mass is 35.5. The van der Waals surface area contributed by atoms with Crippen molar-refractivity contribution < 1.29 is 9.90 Å². The second-order valence-electron chi connectivity index (χ2n) is 4.72. The quantitative estimate of drug-likeness (QED) is 0.889. The molecule has 5 nitrogen and oxygen atoms in total. The van der Waals surface area contributed by atoms with Crippen LogP contribution in [0.4, 0.5) is 0 Å². The summed E-state index contributed by atoms with van der Waals surface area (Å²) < 4.78 is 1.88. The minimum absolute atomic E-state index is 0.0526. The summed E-state index contributed by atoms with van der Waals surface area (Å²) in [4.78, 5) is 16.3. The third-order valence-electron chi connectivity index (χ3n) is 3.22. The second kappa shape index (κ2) is 6.24. The van der Waals surface area contributed by atoms with Crippen molar-refractivity contribution in [2.45, 2.75) is 32.9 Å². The van der Waals surface area contributed by atoms with Crippen molar-refractivity contribution in [1.29, 1.82) is 0 Å². The Hall–Kier alpha value is -1.59. The molecule has 0 aliphatic carbocycles. The Morgan fingerprint density at radius 1 is 1.55 bits per heavy atom. The molecule has 20 heavy (non-hydrogen) atoms. The summed E-state index contributed by atoms with van der Waals surface area (Å²) in [5.41, 5.74) is 2.16. The van der Waals surface area contributed by atoms with Gasteiger partial charge < -0.3 is 15.0 Å². The molecule has 1 atom stereocenters. The van der Waals surface area contributed by atoms with E-state index in [1.54, 1.807) is 12.1 Å². The van der Waals surface area contributed by atoms with Crippen LogP contribution in [0.5, 0.6) is 0 Å². The summed E-state index contributed by atoms with van der Waals surface area (Å²) in [6.07, 6.45) is 0.532. The predicted octanol–water partition coefficient (Wildman–Crippen LogP) is 2.21. The van der Waals surface area contributed by atoms with Gasteiger partial charge in [-0.2, -0.15) is 0 Å². The van der Waals surface area contributed by atoms with Crippen LogP contribution in [-0.2, 0) is 6.54 Å². The normalized spacial score (nSPS) is 12.6. The van der Waals surface area contributed by atoms with E-state index in [9.17, 15) is 4.79 Å². The van der Waals surface area contributed by atoms with Gasteiger partial charge in [-0.1, -0.05) is 0 Å². The number of aromatic nitrogens is 2. The maximum atomic E-state index is 12.1. The summed E-state index contributed by atoms with van der Waals surface area (Å²) in [7, 11) is 0. The Morgan fingerprint density at radius 2 is 2.30 bits per heavy atom. The van der Waals surface area contributed by atoms with Crippen LogP contribution in [0, 0.1) is 0 Å². The van der Waals surface area contributed by atoms with Gasteiger partial charge in [0.2, 0.25) is 5.28 Å². The third-order valence-corrected chi connectivity index (χ3v) is 3.51. The van der Waals surface area contributed by atoms with Crippen LogP contribution in [-0.4, -0.2) is 33.2 Å². The van der Waals surface area contributed by atoms with Crippen molar-refractivity contribution >= 4 is 28.5 Å². The number of aryl methyl sites for hydroxylation is 1. The number of hydrogen-bond donors (Lipinski definition) is 2. The van der Waals surface area contributed by atoms with Gasteiger partial charge in [-0.25, -0.2) is 4.98 Å². The molecule has 0 fully saturated rings. The number of halogens is 1. The molecular weight excluding hydrogens is 278 g/mol. The molecule has 0 aliphatic heterocycles. The van der Waals surface area contributed by atoms with Gasteiger partial charge in [-0.05, 0) is 50.1 Å². The van der Waals surface area contributed by atoms with E-state index in [2.05, 4.69) is 10.3 Å². The average molecular weight is 296 g/mol. The van der Waals surface area contributed by atoms with Crippen LogP contribution in [0.25, 0.3) is 11.0 Å². The van der Waals surface area contributed by atoms with E-state index in [1.807, 2.05) is 24.5 Å². The largest absolute Gasteiger partial charge is 0.396 e. The van der Waals surface area contributed by atoms with Crippen LogP contribution < -0.4 is 5.32 Å². The van der Waals surface area contributed by atoms with Crippen molar-refractivity contribution in [3.63, 3.8) is 0 Å². The number of nitrogens with zero attached hydrogens (tertiary/aromatic N) is 2. The van der Waals surface area contributed by atoms with E-state index in [1.165, 1.54) is 0 Å². The fourth-order valence-corrected chi connectivity index (χ4v) is 2.42. The Morgan fingerprint density at radius 3 is 2.95 bits per heavy atom. The molecule has 0 spiro atoms. The monoisotopic (exact) mass is 295 g/mol. The Labute approximate surface area is 122 Å². The zero-order chi connectivity index (χ0) is 14.7. The molecule has 1 amide bonds. The van der Waals surface area contributed by atoms with Gasteiger partial charge in [-0.3, -0.25) is 4.79 Å². The van der Waals surface area contributed by atoms with Gasteiger partial charge in [0.05, 0.1) is 11.0 Å². The van der Waals surface area contributed by atoms with Crippen molar-refractivity contribution in [3.8, 4) is 0 Å². The van der Waals surface area contributed by atoms with Crippen LogP contribution in [0.3, 0.4) is 0 Å². The molecule has 0 unspecified atom stereocenters. The van der Waals surface area contributed by atoms with Crippen molar-refractivity contribution in [2.75, 3.05) is 6.61 Å². The van der Waals surface area contributed by atoms with E-state index in [0.717, 1.165) is 12.1 Å². The third kappa shape index (κ3) is 2.94. The van der Waals surface area contributed by atoms with Crippen molar-refractivity contribution in [2.24, 2.45) is 0 Å². The molecular formula is C14H18ClN3O2. The summed E-state index contributed by atoms with van der Waals surface area (Å²) in [6, 6.07) is 5.27. The molecule has 2 aromatic rings. The Kier molecular flexibility index (Phi) is 4.62. The number of fused-ring (bicyclic) bond motifs is 1. The number of aliphatic hydroxyl groups excluding tert-OH is 1. The highest BCUT2D eigenvalue weighted by Crippen LogP contribution is 2.21. The maximum Gasteiger partial charge on any atom is 0.251 e. The van der Waals surface area contributed by atoms with Crippen LogP contribution in [0.1, 0.15) is 30.6 Å². The summed E-state index contributed by atoms with van der Waals surface area (Å²) in [5.74, 6) is -0.171. The Bertz CT molecular complexity index is 624. The lowest BCUT2D eigenvalue weighted by atomic mass is 10.1. The minimum atomic E-state index is -0.171. The Balaban J connectivity index is 2.26. The number of hydrogen-bond acceptors (Lipinski definition) is 3. The lowest BCUT2D eigenvalue weighted by Gasteiger charge is -2.12. The summed E-state index contributed by atoms with van der Waals surface area (Å²) in [6.45, 7) is 4.63. The second-order valence-corrected chi connectivity index (χ2v) is 5.05. The number of carbonyl (C=O) groups is 1. The topological polar surface area (TPSA) is 67.2 Å². The number of carbonyl (C=O) groups excluding carboxylic acids is 1. The SMILES string of the molecule is CCn1c(Cl)nc2cc(C(=O)N[C@H](C)CCO)ccc21. The molecule has 1 heterocycles. The van der Waals surface area contributed by atoms with Gasteiger partial charge in [0.1, 0.15) is 0 Å². The highest BCUT2D eigenvalue weighted by Gasteiger charge is 2.13. The van der Waals surface area contributed by atoms with E-state index in [0.29, 0.717) is 22.8 Å². The number of benzene rings is 1. The average Bonchev–Trinajstić information content (AvgIpc) is 2.72. The number of rotatable bonds is 5. The van der Waals surface area contributed by atoms with Gasteiger partial charge in [0.15, 0.2) is 0 Å². The summed E-state index contributed by atoms with van der Waals surface area (Å²) in [5, 5.41) is 12.1. The van der Waals surface area contributed by atoms with Gasteiger partial charge in [0.25, 0.3) is 5.91 Å². The van der Waals surface area contributed by atoms with E-state index in [4.69, 9.17) is 16.7 Å². The van der Waals surface area contributed by atoms with E-state index in [-0.39, 0.29) is 18.6 Å². The lowest BCUT2D eigenvalue weighted by Crippen LogP contribution is -2.33. The molecule has 2 N–H and O–H groups in total. The van der Waals surface area contributed by atoms with E-state index < -0.39 is 0 Å². The number of imidazole rings is 1. The molecule has 6 heteroatoms. The van der Waals surface area contributed by atoms with Crippen molar-refractivity contribution in [1.82, 2.24) is 14.9 Å². The molecule has 1 aromatic carbocycles. The number of amides is 1. The molecule has 1 aromatic heterocycles. The minimum Gasteiger partial charge on any atom is -0.396 e. The van der Waals surface area contributed by atoms with Crippen LogP contribution in [0.15, 0.2) is 18.2 Å². The molecule has 0 saturated carbocycles. The van der Waals surface area contributed by atoms with Gasteiger partial charge >= 0.3 is 0 Å². The van der Waals surface area contributed by atoms with Gasteiger partial charge in [-0.15, -0.1) is 0 Å². The first-order valence-electron chi connectivity index (χ1n) is 6.64. The first kappa shape index (κ1) is 14.8. The summed E-state index contributed by atoms with van der Waals surface area (Å²) >= 11 is 6.05. The zero-order valence-corrected chi connectivity index (χ0v) is 12.3. The smallest absolute Gasteiger partial charge is 0.251 e. The van der Waals surface area contributed by atoms with Crippen LogP contribution in [0.2, 0.25) is 5.28 Å². The van der Waals surface area contributed by atoms with E-state index >= 15 is 0 Å². The fraction of sp³-hybridized carbons (Fsp3) is 0.429. The predicted molar refractivity (Wildman–Crippen MR) is 79.0 cm³/mol. The molecule has 0 saturated heterocycles. The number of aliphatic hydroxyl groups is 1. The molecule has 108 valence electrons. The first-order valence-corrected chi connectivity index (χ1v) is 7.02. The first-order chi connectivity index (χ1) is 9.56. The standard InChI is InChI=1S/C14H18ClN3O2/c1-3-18-12-5-4-10(8-11(12)17-14(18)15)13(20)16-9(2)6-7-19/h4-5,8-9,19H,3,6-7H2,1-2H3,(H,16,20)/t9-/m1/s1. The maximum absolute atomic E-state index is 12.1. The molecule has 0 bridgehead atoms. The van der Waals surface area contributed by atoms with Crippen LogP contribution >= 0.6 is 11.6 Å². The molecule has 0 radical (unpaired) electrons. The lowest BCUT2D eigenvalue weighted by molar-refractivity contribution is 0.0934. The number of nitrogens with one attached hydrogen (secondary N) is 1. The molecule has 0 aliphatic rings. The fourth-order valence-electron chi connectivity index (χ4n) is 2.12. The van der Waals surface area contributed by atoms with Gasteiger partial charge in [0, 0.05) is 24.8 Å². The van der Waals surface area contributed by atoms with Crippen molar-refractivity contribution in [3.05, 3.63) is 29.0 Å². The highest BCUT2D eigenvalue weighted by molar-refractivity contribution is 6.29. The molecule has 2 rings (SSSR count). The zero-order valence-electron chi connectivity index (χ0n) is 11.6.